The summed E-state index contributed by atoms with van der Waals surface area (Å²) in [4.78, 5) is 20.7. The van der Waals surface area contributed by atoms with E-state index in [-0.39, 0.29) is 5.91 Å². The molecule has 1 unspecified atom stereocenters. The van der Waals surface area contributed by atoms with Gasteiger partial charge in [-0.2, -0.15) is 0 Å². The van der Waals surface area contributed by atoms with Gasteiger partial charge < -0.3 is 9.64 Å². The van der Waals surface area contributed by atoms with Crippen LogP contribution in [-0.4, -0.2) is 66.1 Å². The summed E-state index contributed by atoms with van der Waals surface area (Å²) in [7, 11) is 0. The van der Waals surface area contributed by atoms with Gasteiger partial charge in [-0.05, 0) is 18.6 Å². The Bertz CT molecular complexity index is 491. The first-order chi connectivity index (χ1) is 9.74. The van der Waals surface area contributed by atoms with Gasteiger partial charge in [0.25, 0.3) is 5.91 Å². The number of nitrogens with zero attached hydrogens (tertiary/aromatic N) is 3. The molecule has 108 valence electrons. The minimum absolute atomic E-state index is 0.0464. The van der Waals surface area contributed by atoms with Crippen molar-refractivity contribution in [1.29, 1.82) is 0 Å². The van der Waals surface area contributed by atoms with Gasteiger partial charge in [-0.25, -0.2) is 4.98 Å². The number of likely N-dealkylation sites (tertiary alicyclic amines) is 1. The van der Waals surface area contributed by atoms with Crippen LogP contribution in [0.5, 0.6) is 0 Å². The summed E-state index contributed by atoms with van der Waals surface area (Å²) in [6.07, 6.45) is 2.61. The van der Waals surface area contributed by atoms with Gasteiger partial charge in [-0.15, -0.1) is 0 Å². The van der Waals surface area contributed by atoms with Crippen LogP contribution >= 0.6 is 11.6 Å². The molecule has 0 spiro atoms. The van der Waals surface area contributed by atoms with Crippen molar-refractivity contribution in [3.63, 3.8) is 0 Å². The first-order valence-corrected chi connectivity index (χ1v) is 7.34. The molecule has 3 rings (SSSR count). The summed E-state index contributed by atoms with van der Waals surface area (Å²) >= 11 is 5.84. The fourth-order valence-corrected chi connectivity index (χ4v) is 3.06. The van der Waals surface area contributed by atoms with Crippen LogP contribution in [0.4, 0.5) is 0 Å². The number of ether oxygens (including phenoxy) is 1. The lowest BCUT2D eigenvalue weighted by atomic mass is 10.2. The Kier molecular flexibility index (Phi) is 4.19. The molecule has 0 bridgehead atoms. The summed E-state index contributed by atoms with van der Waals surface area (Å²) in [5.41, 5.74) is 0.618. The van der Waals surface area contributed by atoms with E-state index in [0.29, 0.717) is 16.8 Å². The summed E-state index contributed by atoms with van der Waals surface area (Å²) in [5, 5.41) is 0.361. The number of carbonyl (C=O) groups is 1. The molecule has 2 fully saturated rings. The van der Waals surface area contributed by atoms with Crippen LogP contribution in [0.3, 0.4) is 0 Å². The van der Waals surface area contributed by atoms with Crippen molar-refractivity contribution >= 4 is 17.5 Å². The summed E-state index contributed by atoms with van der Waals surface area (Å²) in [6, 6.07) is 3.81. The molecule has 1 amide bonds. The molecule has 1 atom stereocenters. The molecular weight excluding hydrogens is 278 g/mol. The third kappa shape index (κ3) is 2.95. The van der Waals surface area contributed by atoms with Crippen LogP contribution in [0, 0.1) is 0 Å². The zero-order chi connectivity index (χ0) is 13.9. The van der Waals surface area contributed by atoms with Crippen molar-refractivity contribution in [3.05, 3.63) is 29.0 Å². The molecular formula is C14H18ClN3O2. The van der Waals surface area contributed by atoms with Crippen molar-refractivity contribution in [2.24, 2.45) is 0 Å². The number of hydrogen-bond acceptors (Lipinski definition) is 4. The van der Waals surface area contributed by atoms with Crippen molar-refractivity contribution in [2.75, 3.05) is 39.4 Å². The SMILES string of the molecule is O=C(c1ccnc(Cl)c1)N1CCC(N2CCOCC2)C1. The average molecular weight is 296 g/mol. The normalized spacial score (nSPS) is 24.1. The second-order valence-corrected chi connectivity index (χ2v) is 5.60. The van der Waals surface area contributed by atoms with Gasteiger partial charge in [-0.1, -0.05) is 11.6 Å². The lowest BCUT2D eigenvalue weighted by Gasteiger charge is -2.32. The standard InChI is InChI=1S/C14H18ClN3O2/c15-13-9-11(1-3-16-13)14(19)18-4-2-12(10-18)17-5-7-20-8-6-17/h1,3,9,12H,2,4-8,10H2. The number of pyridine rings is 1. The first kappa shape index (κ1) is 13.8. The molecule has 6 heteroatoms. The highest BCUT2D eigenvalue weighted by molar-refractivity contribution is 6.29. The molecule has 0 aromatic carbocycles. The van der Waals surface area contributed by atoms with Crippen molar-refractivity contribution in [2.45, 2.75) is 12.5 Å². The molecule has 3 heterocycles. The number of rotatable bonds is 2. The fourth-order valence-electron chi connectivity index (χ4n) is 2.89. The van der Waals surface area contributed by atoms with E-state index in [1.807, 2.05) is 4.90 Å². The van der Waals surface area contributed by atoms with E-state index in [2.05, 4.69) is 9.88 Å². The van der Waals surface area contributed by atoms with E-state index < -0.39 is 0 Å². The minimum atomic E-state index is 0.0464. The van der Waals surface area contributed by atoms with Crippen molar-refractivity contribution in [1.82, 2.24) is 14.8 Å². The third-order valence-corrected chi connectivity index (χ3v) is 4.19. The van der Waals surface area contributed by atoms with E-state index in [1.54, 1.807) is 18.3 Å². The highest BCUT2D eigenvalue weighted by Crippen LogP contribution is 2.19. The summed E-state index contributed by atoms with van der Waals surface area (Å²) in [5.74, 6) is 0.0464. The molecule has 1 aromatic heterocycles. The zero-order valence-corrected chi connectivity index (χ0v) is 12.1. The first-order valence-electron chi connectivity index (χ1n) is 6.96. The minimum Gasteiger partial charge on any atom is -0.379 e. The number of morpholine rings is 1. The fraction of sp³-hybridized carbons (Fsp3) is 0.571. The van der Waals surface area contributed by atoms with Gasteiger partial charge in [0.05, 0.1) is 13.2 Å². The monoisotopic (exact) mass is 295 g/mol. The van der Waals surface area contributed by atoms with Gasteiger partial charge >= 0.3 is 0 Å². The van der Waals surface area contributed by atoms with E-state index in [0.717, 1.165) is 45.8 Å². The number of carbonyl (C=O) groups excluding carboxylic acids is 1. The maximum Gasteiger partial charge on any atom is 0.254 e. The molecule has 20 heavy (non-hydrogen) atoms. The quantitative estimate of drug-likeness (QED) is 0.771. The maximum absolute atomic E-state index is 12.4. The van der Waals surface area contributed by atoms with Gasteiger partial charge in [0, 0.05) is 44.0 Å². The Balaban J connectivity index is 1.63. The van der Waals surface area contributed by atoms with E-state index in [1.165, 1.54) is 0 Å². The number of halogens is 1. The summed E-state index contributed by atoms with van der Waals surface area (Å²) in [6.45, 7) is 5.12. The Labute approximate surface area is 123 Å². The third-order valence-electron chi connectivity index (χ3n) is 3.99. The second kappa shape index (κ2) is 6.08. The Morgan fingerprint density at radius 1 is 1.35 bits per heavy atom. The average Bonchev–Trinajstić information content (AvgIpc) is 2.97. The molecule has 0 N–H and O–H groups in total. The van der Waals surface area contributed by atoms with Crippen LogP contribution < -0.4 is 0 Å². The van der Waals surface area contributed by atoms with Crippen LogP contribution in [0.25, 0.3) is 0 Å². The highest BCUT2D eigenvalue weighted by Gasteiger charge is 2.31. The molecule has 0 radical (unpaired) electrons. The van der Waals surface area contributed by atoms with Crippen LogP contribution in [-0.2, 0) is 4.74 Å². The van der Waals surface area contributed by atoms with Crippen molar-refractivity contribution in [3.8, 4) is 0 Å². The van der Waals surface area contributed by atoms with E-state index >= 15 is 0 Å². The largest absolute Gasteiger partial charge is 0.379 e. The molecule has 2 aliphatic rings. The lowest BCUT2D eigenvalue weighted by Crippen LogP contribution is -2.45. The topological polar surface area (TPSA) is 45.7 Å². The van der Waals surface area contributed by atoms with Gasteiger partial charge in [0.1, 0.15) is 5.15 Å². The predicted molar refractivity (Wildman–Crippen MR) is 75.9 cm³/mol. The number of hydrogen-bond donors (Lipinski definition) is 0. The molecule has 1 aromatic rings. The molecule has 0 saturated carbocycles. The Morgan fingerprint density at radius 2 is 2.15 bits per heavy atom. The summed E-state index contributed by atoms with van der Waals surface area (Å²) < 4.78 is 5.37. The molecule has 5 nitrogen and oxygen atoms in total. The molecule has 0 aliphatic carbocycles. The number of amides is 1. The van der Waals surface area contributed by atoms with Crippen LogP contribution in [0.15, 0.2) is 18.3 Å². The molecule has 2 aliphatic heterocycles. The zero-order valence-electron chi connectivity index (χ0n) is 11.3. The van der Waals surface area contributed by atoms with E-state index in [4.69, 9.17) is 16.3 Å². The highest BCUT2D eigenvalue weighted by atomic mass is 35.5. The van der Waals surface area contributed by atoms with Crippen LogP contribution in [0.1, 0.15) is 16.8 Å². The maximum atomic E-state index is 12.4. The Morgan fingerprint density at radius 3 is 2.90 bits per heavy atom. The predicted octanol–water partition coefficient (Wildman–Crippen LogP) is 1.28. The van der Waals surface area contributed by atoms with E-state index in [9.17, 15) is 4.79 Å². The number of aromatic nitrogens is 1. The van der Waals surface area contributed by atoms with Crippen LogP contribution in [0.2, 0.25) is 5.15 Å². The Hall–Kier alpha value is -1.17. The van der Waals surface area contributed by atoms with Gasteiger partial charge in [0.2, 0.25) is 0 Å². The van der Waals surface area contributed by atoms with Gasteiger partial charge in [-0.3, -0.25) is 9.69 Å². The second-order valence-electron chi connectivity index (χ2n) is 5.21. The molecule has 2 saturated heterocycles. The smallest absolute Gasteiger partial charge is 0.254 e. The van der Waals surface area contributed by atoms with Crippen molar-refractivity contribution < 1.29 is 9.53 Å². The van der Waals surface area contributed by atoms with Gasteiger partial charge in [0.15, 0.2) is 0 Å². The lowest BCUT2D eigenvalue weighted by molar-refractivity contribution is 0.0185.